The first-order valence-electron chi connectivity index (χ1n) is 13.1. The third-order valence-electron chi connectivity index (χ3n) is 8.20. The number of aromatic nitrogens is 2. The lowest BCUT2D eigenvalue weighted by Gasteiger charge is -2.46. The summed E-state index contributed by atoms with van der Waals surface area (Å²) in [6.07, 6.45) is 10.2. The Hall–Kier alpha value is -4.46. The van der Waals surface area contributed by atoms with Crippen molar-refractivity contribution in [2.75, 3.05) is 13.1 Å². The molecule has 1 saturated heterocycles. The van der Waals surface area contributed by atoms with Crippen LogP contribution in [0.3, 0.4) is 0 Å². The molecule has 0 saturated carbocycles. The topological polar surface area (TPSA) is 102 Å². The zero-order valence-electron chi connectivity index (χ0n) is 21.7. The van der Waals surface area contributed by atoms with Crippen LogP contribution < -0.4 is 4.74 Å². The van der Waals surface area contributed by atoms with Crippen molar-refractivity contribution in [1.82, 2.24) is 14.7 Å². The van der Waals surface area contributed by atoms with Gasteiger partial charge in [-0.1, -0.05) is 54.6 Å². The Balaban J connectivity index is 1.21. The van der Waals surface area contributed by atoms with Crippen LogP contribution in [0.2, 0.25) is 0 Å². The van der Waals surface area contributed by atoms with Crippen molar-refractivity contribution in [3.8, 4) is 16.9 Å². The van der Waals surface area contributed by atoms with Crippen LogP contribution in [0.1, 0.15) is 41.6 Å². The van der Waals surface area contributed by atoms with E-state index in [1.165, 1.54) is 6.08 Å². The van der Waals surface area contributed by atoms with E-state index in [1.807, 2.05) is 66.7 Å². The third kappa shape index (κ3) is 4.35. The minimum atomic E-state index is -1.01. The molecule has 3 heterocycles. The van der Waals surface area contributed by atoms with Gasteiger partial charge in [0.2, 0.25) is 5.91 Å². The monoisotopic (exact) mass is 523 g/mol. The SMILES string of the molecule is Cn1cc(-c2ccc3c(c2)C(=O)CC2(CCN(C(=O)C4(c5ccccc5)C=CC(C(=O)O)=CC4)CC2)O3)cn1. The first kappa shape index (κ1) is 24.9. The number of ketones is 1. The smallest absolute Gasteiger partial charge is 0.335 e. The summed E-state index contributed by atoms with van der Waals surface area (Å²) in [6.45, 7) is 0.903. The molecule has 8 heteroatoms. The summed E-state index contributed by atoms with van der Waals surface area (Å²) in [7, 11) is 1.85. The molecule has 6 rings (SSSR count). The quantitative estimate of drug-likeness (QED) is 0.547. The first-order chi connectivity index (χ1) is 18.8. The molecule has 0 bridgehead atoms. The Kier molecular flexibility index (Phi) is 5.98. The van der Waals surface area contributed by atoms with E-state index in [4.69, 9.17) is 4.74 Å². The summed E-state index contributed by atoms with van der Waals surface area (Å²) < 4.78 is 8.21. The fourth-order valence-electron chi connectivity index (χ4n) is 5.95. The number of carboxylic acids is 1. The highest BCUT2D eigenvalue weighted by atomic mass is 16.5. The van der Waals surface area contributed by atoms with Gasteiger partial charge in [-0.15, -0.1) is 0 Å². The molecule has 8 nitrogen and oxygen atoms in total. The molecule has 1 atom stereocenters. The Labute approximate surface area is 226 Å². The average molecular weight is 524 g/mol. The molecule has 1 unspecified atom stereocenters. The minimum absolute atomic E-state index is 0.0454. The van der Waals surface area contributed by atoms with E-state index in [0.717, 1.165) is 16.7 Å². The van der Waals surface area contributed by atoms with Gasteiger partial charge in [0.05, 0.1) is 29.2 Å². The number of rotatable bonds is 4. The number of carbonyl (C=O) groups is 3. The van der Waals surface area contributed by atoms with Crippen LogP contribution in [0.5, 0.6) is 5.75 Å². The zero-order valence-corrected chi connectivity index (χ0v) is 21.7. The van der Waals surface area contributed by atoms with Crippen LogP contribution in [0, 0.1) is 0 Å². The number of hydrogen-bond acceptors (Lipinski definition) is 5. The van der Waals surface area contributed by atoms with Crippen molar-refractivity contribution in [1.29, 1.82) is 0 Å². The molecule has 1 amide bonds. The van der Waals surface area contributed by atoms with Crippen LogP contribution in [0.25, 0.3) is 11.1 Å². The summed E-state index contributed by atoms with van der Waals surface area (Å²) >= 11 is 0. The van der Waals surface area contributed by atoms with E-state index in [2.05, 4.69) is 5.10 Å². The van der Waals surface area contributed by atoms with E-state index in [1.54, 1.807) is 23.0 Å². The fraction of sp³-hybridized carbons (Fsp3) is 0.290. The number of allylic oxidation sites excluding steroid dienone is 1. The highest BCUT2D eigenvalue weighted by molar-refractivity contribution is 6.01. The number of hydrogen-bond donors (Lipinski definition) is 1. The van der Waals surface area contributed by atoms with Gasteiger partial charge in [0, 0.05) is 44.7 Å². The van der Waals surface area contributed by atoms with E-state index in [9.17, 15) is 19.5 Å². The summed E-state index contributed by atoms with van der Waals surface area (Å²) in [4.78, 5) is 40.7. The number of likely N-dealkylation sites (tertiary alicyclic amines) is 1. The lowest BCUT2D eigenvalue weighted by atomic mass is 9.72. The summed E-state index contributed by atoms with van der Waals surface area (Å²) in [5.74, 6) is -0.443. The summed E-state index contributed by atoms with van der Waals surface area (Å²) in [5.41, 5.74) is 1.84. The maximum Gasteiger partial charge on any atom is 0.335 e. The number of fused-ring (bicyclic) bond motifs is 1. The molecule has 3 aliphatic rings. The summed E-state index contributed by atoms with van der Waals surface area (Å²) in [5, 5.41) is 13.6. The highest BCUT2D eigenvalue weighted by Gasteiger charge is 2.47. The van der Waals surface area contributed by atoms with Gasteiger partial charge in [0.25, 0.3) is 0 Å². The number of piperidine rings is 1. The number of benzene rings is 2. The lowest BCUT2D eigenvalue weighted by Crippen LogP contribution is -2.55. The van der Waals surface area contributed by atoms with Gasteiger partial charge in [0.15, 0.2) is 5.78 Å². The number of aryl methyl sites for hydroxylation is 1. The van der Waals surface area contributed by atoms with Crippen LogP contribution in [0.4, 0.5) is 0 Å². The molecule has 1 aliphatic carbocycles. The van der Waals surface area contributed by atoms with E-state index >= 15 is 0 Å². The average Bonchev–Trinajstić information content (AvgIpc) is 3.39. The Morgan fingerprint density at radius 3 is 2.46 bits per heavy atom. The second-order valence-corrected chi connectivity index (χ2v) is 10.6. The number of Topliss-reactive ketones (excluding diaryl/α,β-unsaturated/α-hetero) is 1. The second kappa shape index (κ2) is 9.38. The standard InChI is InChI=1S/C31H29N3O5/c1-33-20-23(19-32-33)22-7-8-27-25(17-22)26(35)18-30(39-27)13-15-34(16-14-30)29(38)31(24-5-3-2-4-6-24)11-9-21(10-12-31)28(36)37/h2-11,17,19-20H,12-16,18H2,1H3,(H,36,37). The van der Waals surface area contributed by atoms with Gasteiger partial charge in [0.1, 0.15) is 11.4 Å². The normalized spacial score (nSPS) is 21.7. The number of aliphatic carboxylic acids is 1. The molecule has 1 N–H and O–H groups in total. The molecular weight excluding hydrogens is 494 g/mol. The van der Waals surface area contributed by atoms with E-state index in [-0.39, 0.29) is 30.1 Å². The second-order valence-electron chi connectivity index (χ2n) is 10.6. The van der Waals surface area contributed by atoms with Crippen molar-refractivity contribution in [2.24, 2.45) is 7.05 Å². The Bertz CT molecular complexity index is 1530. The molecule has 2 aliphatic heterocycles. The lowest BCUT2D eigenvalue weighted by molar-refractivity contribution is -0.139. The summed E-state index contributed by atoms with van der Waals surface area (Å²) in [6, 6.07) is 15.2. The van der Waals surface area contributed by atoms with Crippen molar-refractivity contribution in [3.63, 3.8) is 0 Å². The zero-order chi connectivity index (χ0) is 27.2. The largest absolute Gasteiger partial charge is 0.486 e. The number of carbonyl (C=O) groups excluding carboxylic acids is 2. The Morgan fingerprint density at radius 2 is 1.82 bits per heavy atom. The molecule has 1 spiro atoms. The van der Waals surface area contributed by atoms with Crippen molar-refractivity contribution < 1.29 is 24.2 Å². The Morgan fingerprint density at radius 1 is 1.05 bits per heavy atom. The van der Waals surface area contributed by atoms with Gasteiger partial charge in [-0.2, -0.15) is 5.10 Å². The predicted octanol–water partition coefficient (Wildman–Crippen LogP) is 4.32. The number of amides is 1. The van der Waals surface area contributed by atoms with Gasteiger partial charge < -0.3 is 14.7 Å². The highest BCUT2D eigenvalue weighted by Crippen LogP contribution is 2.42. The van der Waals surface area contributed by atoms with Crippen LogP contribution >= 0.6 is 0 Å². The number of carboxylic acid groups (broad SMARTS) is 1. The first-order valence-corrected chi connectivity index (χ1v) is 13.1. The molecule has 2 aromatic carbocycles. The van der Waals surface area contributed by atoms with Gasteiger partial charge in [-0.3, -0.25) is 14.3 Å². The third-order valence-corrected chi connectivity index (χ3v) is 8.20. The molecule has 0 radical (unpaired) electrons. The maximum absolute atomic E-state index is 14.0. The fourth-order valence-corrected chi connectivity index (χ4v) is 5.95. The predicted molar refractivity (Wildman–Crippen MR) is 144 cm³/mol. The molecule has 1 fully saturated rings. The van der Waals surface area contributed by atoms with Crippen molar-refractivity contribution >= 4 is 17.7 Å². The van der Waals surface area contributed by atoms with Crippen LogP contribution in [0.15, 0.2) is 84.7 Å². The van der Waals surface area contributed by atoms with Crippen molar-refractivity contribution in [3.05, 3.63) is 95.9 Å². The maximum atomic E-state index is 14.0. The van der Waals surface area contributed by atoms with Gasteiger partial charge in [-0.05, 0) is 29.7 Å². The number of nitrogens with zero attached hydrogens (tertiary/aromatic N) is 3. The van der Waals surface area contributed by atoms with E-state index in [0.29, 0.717) is 37.2 Å². The molecule has 1 aromatic heterocycles. The van der Waals surface area contributed by atoms with Gasteiger partial charge >= 0.3 is 5.97 Å². The van der Waals surface area contributed by atoms with Crippen LogP contribution in [-0.4, -0.2) is 56.1 Å². The number of ether oxygens (including phenoxy) is 1. The molecular formula is C31H29N3O5. The minimum Gasteiger partial charge on any atom is -0.486 e. The van der Waals surface area contributed by atoms with E-state index < -0.39 is 17.0 Å². The van der Waals surface area contributed by atoms with Gasteiger partial charge in [-0.25, -0.2) is 4.79 Å². The molecule has 39 heavy (non-hydrogen) atoms. The van der Waals surface area contributed by atoms with Crippen molar-refractivity contribution in [2.45, 2.75) is 36.7 Å². The molecule has 3 aromatic rings. The van der Waals surface area contributed by atoms with Crippen LogP contribution in [-0.2, 0) is 22.1 Å². The molecule has 198 valence electrons.